The van der Waals surface area contributed by atoms with Gasteiger partial charge in [0.2, 0.25) is 0 Å². The Bertz CT molecular complexity index is 169. The Kier molecular flexibility index (Phi) is 8.10. The lowest BCUT2D eigenvalue weighted by atomic mass is 10.2. The lowest BCUT2D eigenvalue weighted by Crippen LogP contribution is -3.00. The van der Waals surface area contributed by atoms with Crippen LogP contribution in [0.3, 0.4) is 0 Å². The quantitative estimate of drug-likeness (QED) is 0.400. The molecule has 0 aliphatic carbocycles. The first kappa shape index (κ1) is 16.1. The van der Waals surface area contributed by atoms with Crippen LogP contribution < -0.4 is 18.1 Å². The molecular formula is C9H21ClN2O2. The Morgan fingerprint density at radius 2 is 1.93 bits per heavy atom. The van der Waals surface area contributed by atoms with E-state index in [0.717, 1.165) is 11.0 Å². The molecule has 0 aromatic carbocycles. The summed E-state index contributed by atoms with van der Waals surface area (Å²) in [7, 11) is 6.14. The Labute approximate surface area is 92.4 Å². The summed E-state index contributed by atoms with van der Waals surface area (Å²) in [6.07, 6.45) is 0.309. The molecule has 0 aliphatic heterocycles. The predicted octanol–water partition coefficient (Wildman–Crippen LogP) is -3.02. The van der Waals surface area contributed by atoms with Gasteiger partial charge in [-0.2, -0.15) is 0 Å². The molecule has 5 heteroatoms. The second kappa shape index (κ2) is 7.04. The molecule has 1 atom stereocenters. The zero-order valence-corrected chi connectivity index (χ0v) is 10.2. The van der Waals surface area contributed by atoms with Gasteiger partial charge in [0, 0.05) is 0 Å². The second-order valence-electron chi connectivity index (χ2n) is 4.24. The van der Waals surface area contributed by atoms with Crippen LogP contribution in [0.4, 0.5) is 0 Å². The highest BCUT2D eigenvalue weighted by Crippen LogP contribution is 1.98. The van der Waals surface area contributed by atoms with Crippen molar-refractivity contribution in [2.45, 2.75) is 19.4 Å². The topological polar surface area (TPSA) is 52.3 Å². The van der Waals surface area contributed by atoms with Gasteiger partial charge in [-0.25, -0.2) is 0 Å². The minimum Gasteiger partial charge on any atom is -1.00 e. The third-order valence-electron chi connectivity index (χ3n) is 1.52. The molecular weight excluding hydrogens is 204 g/mol. The molecule has 2 N–H and O–H groups in total. The van der Waals surface area contributed by atoms with Crippen LogP contribution in [0, 0.1) is 0 Å². The second-order valence-corrected chi connectivity index (χ2v) is 4.24. The summed E-state index contributed by atoms with van der Waals surface area (Å²) in [5, 5.41) is 0. The van der Waals surface area contributed by atoms with E-state index < -0.39 is 0 Å². The predicted molar refractivity (Wildman–Crippen MR) is 52.1 cm³/mol. The van der Waals surface area contributed by atoms with Crippen LogP contribution in [0.25, 0.3) is 0 Å². The van der Waals surface area contributed by atoms with Crippen molar-refractivity contribution in [3.8, 4) is 0 Å². The molecule has 0 unspecified atom stereocenters. The number of hydrogen-bond donors (Lipinski definition) is 1. The number of esters is 1. The van der Waals surface area contributed by atoms with Gasteiger partial charge in [-0.15, -0.1) is 0 Å². The highest BCUT2D eigenvalue weighted by Gasteiger charge is 2.17. The molecule has 0 radical (unpaired) electrons. The fourth-order valence-corrected chi connectivity index (χ4v) is 1.20. The van der Waals surface area contributed by atoms with Gasteiger partial charge in [0.1, 0.15) is 0 Å². The fraction of sp³-hybridized carbons (Fsp3) is 0.889. The fourth-order valence-electron chi connectivity index (χ4n) is 1.20. The molecule has 0 bridgehead atoms. The third-order valence-corrected chi connectivity index (χ3v) is 1.52. The molecule has 0 amide bonds. The smallest absolute Gasteiger partial charge is 0.307 e. The molecule has 0 aromatic heterocycles. The van der Waals surface area contributed by atoms with Gasteiger partial charge in [0.25, 0.3) is 0 Å². The summed E-state index contributed by atoms with van der Waals surface area (Å²) >= 11 is 0. The number of ether oxygens (including phenoxy) is 1. The van der Waals surface area contributed by atoms with E-state index in [0.29, 0.717) is 13.0 Å². The first-order valence-corrected chi connectivity index (χ1v) is 4.57. The number of likely N-dealkylation sites (N-methyl/N-ethyl adjacent to an activating group) is 1. The van der Waals surface area contributed by atoms with Crippen LogP contribution in [-0.2, 0) is 9.53 Å². The van der Waals surface area contributed by atoms with Crippen LogP contribution in [-0.4, -0.2) is 50.8 Å². The first-order chi connectivity index (χ1) is 5.85. The van der Waals surface area contributed by atoms with Crippen molar-refractivity contribution in [3.05, 3.63) is 0 Å². The third kappa shape index (κ3) is 9.77. The average molecular weight is 225 g/mol. The summed E-state index contributed by atoms with van der Waals surface area (Å²) in [5.74, 6) is -0.205. The molecule has 0 spiro atoms. The minimum atomic E-state index is -0.205. The van der Waals surface area contributed by atoms with Crippen molar-refractivity contribution in [2.75, 3.05) is 34.3 Å². The van der Waals surface area contributed by atoms with E-state index in [2.05, 4.69) is 0 Å². The number of hydrogen-bond acceptors (Lipinski definition) is 3. The van der Waals surface area contributed by atoms with Crippen molar-refractivity contribution in [3.63, 3.8) is 0 Å². The Morgan fingerprint density at radius 1 is 1.43 bits per heavy atom. The molecule has 0 heterocycles. The van der Waals surface area contributed by atoms with Gasteiger partial charge in [-0.1, -0.05) is 0 Å². The molecule has 0 aliphatic rings. The van der Waals surface area contributed by atoms with Gasteiger partial charge >= 0.3 is 5.97 Å². The highest BCUT2D eigenvalue weighted by atomic mass is 35.5. The van der Waals surface area contributed by atoms with Crippen LogP contribution >= 0.6 is 0 Å². The van der Waals surface area contributed by atoms with Gasteiger partial charge in [-0.05, 0) is 6.92 Å². The number of carbonyl (C=O) groups excluding carboxylic acids is 1. The zero-order valence-electron chi connectivity index (χ0n) is 9.42. The summed E-state index contributed by atoms with van der Waals surface area (Å²) in [4.78, 5) is 11.0. The lowest BCUT2D eigenvalue weighted by molar-refractivity contribution is -0.871. The molecule has 0 saturated heterocycles. The van der Waals surface area contributed by atoms with Gasteiger partial charge in [0.05, 0.1) is 46.8 Å². The van der Waals surface area contributed by atoms with Crippen molar-refractivity contribution in [2.24, 2.45) is 5.73 Å². The minimum absolute atomic E-state index is 0. The van der Waals surface area contributed by atoms with E-state index >= 15 is 0 Å². The SMILES string of the molecule is CCOC(=O)C[C@@H](N)C[N+](C)(C)C.[Cl-]. The number of rotatable bonds is 5. The number of carbonyl (C=O) groups is 1. The largest absolute Gasteiger partial charge is 1.00 e. The molecule has 4 nitrogen and oxygen atoms in total. The molecule has 14 heavy (non-hydrogen) atoms. The van der Waals surface area contributed by atoms with Crippen molar-refractivity contribution in [1.82, 2.24) is 0 Å². The van der Waals surface area contributed by atoms with E-state index in [1.165, 1.54) is 0 Å². The van der Waals surface area contributed by atoms with Crippen molar-refractivity contribution >= 4 is 5.97 Å². The Morgan fingerprint density at radius 3 is 2.29 bits per heavy atom. The normalized spacial score (nSPS) is 12.9. The first-order valence-electron chi connectivity index (χ1n) is 4.57. The van der Waals surface area contributed by atoms with E-state index in [-0.39, 0.29) is 24.4 Å². The zero-order chi connectivity index (χ0) is 10.5. The maximum Gasteiger partial charge on any atom is 0.307 e. The maximum absolute atomic E-state index is 11.0. The van der Waals surface area contributed by atoms with Gasteiger partial charge < -0.3 is 27.4 Å². The monoisotopic (exact) mass is 224 g/mol. The van der Waals surface area contributed by atoms with Crippen molar-refractivity contribution in [1.29, 1.82) is 0 Å². The van der Waals surface area contributed by atoms with E-state index in [1.54, 1.807) is 6.92 Å². The molecule has 86 valence electrons. The van der Waals surface area contributed by atoms with Crippen LogP contribution in [0.1, 0.15) is 13.3 Å². The molecule has 0 aromatic rings. The number of nitrogens with zero attached hydrogens (tertiary/aromatic N) is 1. The molecule has 0 rings (SSSR count). The lowest BCUT2D eigenvalue weighted by Gasteiger charge is -2.26. The van der Waals surface area contributed by atoms with Crippen LogP contribution in [0.2, 0.25) is 0 Å². The number of halogens is 1. The molecule has 0 fully saturated rings. The summed E-state index contributed by atoms with van der Waals surface area (Å²) < 4.78 is 5.57. The maximum atomic E-state index is 11.0. The van der Waals surface area contributed by atoms with Crippen LogP contribution in [0.5, 0.6) is 0 Å². The van der Waals surface area contributed by atoms with Gasteiger partial charge in [0.15, 0.2) is 0 Å². The summed E-state index contributed by atoms with van der Waals surface area (Å²) in [6.45, 7) is 3.00. The summed E-state index contributed by atoms with van der Waals surface area (Å²) in [6, 6.07) is -0.112. The van der Waals surface area contributed by atoms with Crippen molar-refractivity contribution < 1.29 is 26.4 Å². The van der Waals surface area contributed by atoms with E-state index in [4.69, 9.17) is 10.5 Å². The number of quaternary nitrogens is 1. The Balaban J connectivity index is 0. The molecule has 0 saturated carbocycles. The van der Waals surface area contributed by atoms with E-state index in [9.17, 15) is 4.79 Å². The van der Waals surface area contributed by atoms with Crippen LogP contribution in [0.15, 0.2) is 0 Å². The van der Waals surface area contributed by atoms with E-state index in [1.807, 2.05) is 21.1 Å². The standard InChI is InChI=1S/C9H21N2O2.ClH/c1-5-13-9(12)6-8(10)7-11(2,3)4;/h8H,5-7,10H2,1-4H3;1H/q+1;/p-1/t8-;/m1./s1. The Hall–Kier alpha value is -0.320. The average Bonchev–Trinajstić information content (AvgIpc) is 1.81. The highest BCUT2D eigenvalue weighted by molar-refractivity contribution is 5.70. The number of nitrogens with two attached hydrogens (primary N) is 1. The van der Waals surface area contributed by atoms with Gasteiger partial charge in [-0.3, -0.25) is 4.79 Å². The summed E-state index contributed by atoms with van der Waals surface area (Å²) in [5.41, 5.74) is 5.77.